The number of ether oxygens (including phenoxy) is 2. The minimum atomic E-state index is -0.285. The number of nitrogens with one attached hydrogen (secondary N) is 1. The van der Waals surface area contributed by atoms with Crippen molar-refractivity contribution in [3.8, 4) is 0 Å². The molecule has 0 aromatic heterocycles. The summed E-state index contributed by atoms with van der Waals surface area (Å²) in [4.78, 5) is 17.2. The Balaban J connectivity index is 1.45. The van der Waals surface area contributed by atoms with Crippen molar-refractivity contribution in [3.05, 3.63) is 71.3 Å². The van der Waals surface area contributed by atoms with Gasteiger partial charge in [-0.1, -0.05) is 61.5 Å². The third kappa shape index (κ3) is 5.64. The van der Waals surface area contributed by atoms with Crippen LogP contribution < -0.4 is 5.32 Å². The van der Waals surface area contributed by atoms with Crippen LogP contribution in [-0.4, -0.2) is 61.8 Å². The molecule has 166 valence electrons. The Bertz CT molecular complexity index is 843. The van der Waals surface area contributed by atoms with Crippen molar-refractivity contribution in [2.45, 2.75) is 32.0 Å². The summed E-state index contributed by atoms with van der Waals surface area (Å²) in [5, 5.41) is 3.65. The molecule has 1 amide bonds. The van der Waals surface area contributed by atoms with E-state index in [9.17, 15) is 4.79 Å². The first kappa shape index (κ1) is 21.8. The van der Waals surface area contributed by atoms with Crippen molar-refractivity contribution >= 4 is 6.09 Å². The topological polar surface area (TPSA) is 54.0 Å². The fourth-order valence-electron chi connectivity index (χ4n) is 4.44. The Morgan fingerprint density at radius 3 is 2.81 bits per heavy atom. The van der Waals surface area contributed by atoms with Gasteiger partial charge in [-0.05, 0) is 29.7 Å². The molecule has 0 spiro atoms. The van der Waals surface area contributed by atoms with Crippen LogP contribution in [-0.2, 0) is 16.1 Å². The molecule has 2 aliphatic rings. The number of nitrogens with zero attached hydrogens (tertiary/aromatic N) is 2. The number of hydrogen-bond acceptors (Lipinski definition) is 5. The summed E-state index contributed by atoms with van der Waals surface area (Å²) >= 11 is 0. The van der Waals surface area contributed by atoms with E-state index < -0.39 is 0 Å². The summed E-state index contributed by atoms with van der Waals surface area (Å²) in [5.41, 5.74) is 3.35. The average molecular weight is 424 g/mol. The van der Waals surface area contributed by atoms with Crippen LogP contribution in [0.25, 0.3) is 0 Å². The predicted octanol–water partition coefficient (Wildman–Crippen LogP) is 3.75. The molecule has 0 bridgehead atoms. The van der Waals surface area contributed by atoms with Crippen molar-refractivity contribution in [3.63, 3.8) is 0 Å². The monoisotopic (exact) mass is 423 g/mol. The van der Waals surface area contributed by atoms with E-state index in [4.69, 9.17) is 9.47 Å². The lowest BCUT2D eigenvalue weighted by atomic mass is 9.97. The van der Waals surface area contributed by atoms with E-state index in [2.05, 4.69) is 41.4 Å². The normalized spacial score (nSPS) is 22.3. The smallest absolute Gasteiger partial charge is 0.410 e. The van der Waals surface area contributed by atoms with Gasteiger partial charge in [0.15, 0.2) is 0 Å². The van der Waals surface area contributed by atoms with Gasteiger partial charge in [-0.2, -0.15) is 0 Å². The molecule has 6 heteroatoms. The van der Waals surface area contributed by atoms with E-state index >= 15 is 0 Å². The molecular weight excluding hydrogens is 390 g/mol. The average Bonchev–Trinajstić information content (AvgIpc) is 2.84. The highest BCUT2D eigenvalue weighted by molar-refractivity contribution is 5.68. The maximum absolute atomic E-state index is 12.9. The summed E-state index contributed by atoms with van der Waals surface area (Å²) in [5.74, 6) is 0. The van der Waals surface area contributed by atoms with E-state index in [1.54, 1.807) is 0 Å². The van der Waals surface area contributed by atoms with Gasteiger partial charge in [-0.25, -0.2) is 4.79 Å². The molecule has 31 heavy (non-hydrogen) atoms. The second-order valence-corrected chi connectivity index (χ2v) is 8.30. The summed E-state index contributed by atoms with van der Waals surface area (Å²) in [6, 6.07) is 18.6. The Morgan fingerprint density at radius 1 is 1.13 bits per heavy atom. The number of piperazine rings is 1. The summed E-state index contributed by atoms with van der Waals surface area (Å²) < 4.78 is 11.4. The zero-order chi connectivity index (χ0) is 21.5. The fourth-order valence-corrected chi connectivity index (χ4v) is 4.44. The lowest BCUT2D eigenvalue weighted by Crippen LogP contribution is -2.46. The lowest BCUT2D eigenvalue weighted by molar-refractivity contribution is -0.0116. The second-order valence-electron chi connectivity index (χ2n) is 8.30. The highest BCUT2D eigenvalue weighted by Crippen LogP contribution is 2.28. The molecule has 4 rings (SSSR count). The molecule has 2 fully saturated rings. The van der Waals surface area contributed by atoms with Crippen LogP contribution in [0.4, 0.5) is 4.79 Å². The van der Waals surface area contributed by atoms with Gasteiger partial charge >= 0.3 is 6.09 Å². The molecule has 2 saturated heterocycles. The first-order valence-corrected chi connectivity index (χ1v) is 11.3. The lowest BCUT2D eigenvalue weighted by Gasteiger charge is -2.36. The van der Waals surface area contributed by atoms with E-state index in [0.29, 0.717) is 25.8 Å². The molecule has 2 atom stereocenters. The van der Waals surface area contributed by atoms with Crippen molar-refractivity contribution in [2.75, 3.05) is 45.9 Å². The molecular formula is C25H33N3O3. The molecule has 0 saturated carbocycles. The minimum Gasteiger partial charge on any atom is -0.445 e. The largest absolute Gasteiger partial charge is 0.445 e. The van der Waals surface area contributed by atoms with Crippen LogP contribution in [0.5, 0.6) is 0 Å². The van der Waals surface area contributed by atoms with Crippen LogP contribution in [0.2, 0.25) is 0 Å². The Kier molecular flexibility index (Phi) is 7.57. The van der Waals surface area contributed by atoms with Gasteiger partial charge in [0.2, 0.25) is 0 Å². The van der Waals surface area contributed by atoms with Gasteiger partial charge < -0.3 is 19.7 Å². The molecule has 2 aromatic carbocycles. The van der Waals surface area contributed by atoms with E-state index in [1.807, 2.05) is 35.2 Å². The molecule has 2 aliphatic heterocycles. The summed E-state index contributed by atoms with van der Waals surface area (Å²) in [6.45, 7) is 8.32. The zero-order valence-corrected chi connectivity index (χ0v) is 18.3. The minimum absolute atomic E-state index is 0.132. The number of carbonyl (C=O) groups is 1. The quantitative estimate of drug-likeness (QED) is 0.767. The third-order valence-electron chi connectivity index (χ3n) is 6.07. The van der Waals surface area contributed by atoms with Crippen LogP contribution in [0.1, 0.15) is 42.1 Å². The van der Waals surface area contributed by atoms with Gasteiger partial charge in [-0.3, -0.25) is 4.90 Å². The Hall–Kier alpha value is -2.41. The van der Waals surface area contributed by atoms with Crippen molar-refractivity contribution in [1.29, 1.82) is 0 Å². The first-order chi connectivity index (χ1) is 15.2. The highest BCUT2D eigenvalue weighted by Gasteiger charge is 2.30. The molecule has 1 N–H and O–H groups in total. The number of benzene rings is 2. The van der Waals surface area contributed by atoms with Crippen molar-refractivity contribution in [1.82, 2.24) is 15.1 Å². The highest BCUT2D eigenvalue weighted by atomic mass is 16.6. The molecule has 6 nitrogen and oxygen atoms in total. The SMILES string of the molecule is CCCN1CCNC(c2cccc(C3COCCN3C(=O)OCc3ccccc3)c2)C1. The molecule has 0 aliphatic carbocycles. The van der Waals surface area contributed by atoms with Crippen LogP contribution in [0.15, 0.2) is 54.6 Å². The Labute approximate surface area is 185 Å². The van der Waals surface area contributed by atoms with E-state index in [0.717, 1.165) is 37.3 Å². The van der Waals surface area contributed by atoms with E-state index in [-0.39, 0.29) is 18.7 Å². The van der Waals surface area contributed by atoms with E-state index in [1.165, 1.54) is 12.0 Å². The number of carbonyl (C=O) groups excluding carboxylic acids is 1. The fraction of sp³-hybridized carbons (Fsp3) is 0.480. The Morgan fingerprint density at radius 2 is 1.97 bits per heavy atom. The van der Waals surface area contributed by atoms with Gasteiger partial charge in [0.05, 0.1) is 19.3 Å². The van der Waals surface area contributed by atoms with Gasteiger partial charge in [0.25, 0.3) is 0 Å². The van der Waals surface area contributed by atoms with Crippen molar-refractivity contribution in [2.24, 2.45) is 0 Å². The zero-order valence-electron chi connectivity index (χ0n) is 18.3. The maximum atomic E-state index is 12.9. The van der Waals surface area contributed by atoms with Gasteiger partial charge in [0.1, 0.15) is 6.61 Å². The first-order valence-electron chi connectivity index (χ1n) is 11.3. The van der Waals surface area contributed by atoms with Crippen LogP contribution in [0.3, 0.4) is 0 Å². The number of rotatable bonds is 6. The van der Waals surface area contributed by atoms with Crippen LogP contribution in [0, 0.1) is 0 Å². The molecule has 2 aromatic rings. The second kappa shape index (κ2) is 10.8. The van der Waals surface area contributed by atoms with Crippen LogP contribution >= 0.6 is 0 Å². The maximum Gasteiger partial charge on any atom is 0.410 e. The summed E-state index contributed by atoms with van der Waals surface area (Å²) in [7, 11) is 0. The van der Waals surface area contributed by atoms with Crippen molar-refractivity contribution < 1.29 is 14.3 Å². The predicted molar refractivity (Wildman–Crippen MR) is 121 cm³/mol. The van der Waals surface area contributed by atoms with Gasteiger partial charge in [-0.15, -0.1) is 0 Å². The molecule has 2 heterocycles. The number of morpholine rings is 1. The number of amides is 1. The standard InChI is InChI=1S/C25H33N3O3/c1-2-12-27-13-11-26-23(17-27)21-9-6-10-22(16-21)24-19-30-15-14-28(24)25(29)31-18-20-7-4-3-5-8-20/h3-10,16,23-24,26H,2,11-15,17-19H2,1H3. The summed E-state index contributed by atoms with van der Waals surface area (Å²) in [6.07, 6.45) is 0.888. The third-order valence-corrected chi connectivity index (χ3v) is 6.07. The van der Waals surface area contributed by atoms with Gasteiger partial charge in [0, 0.05) is 32.2 Å². The molecule has 0 radical (unpaired) electrons. The molecule has 2 unspecified atom stereocenters. The number of hydrogen-bond donors (Lipinski definition) is 1.